The first-order valence-corrected chi connectivity index (χ1v) is 10.3. The lowest BCUT2D eigenvalue weighted by Gasteiger charge is -2.57. The Bertz CT molecular complexity index is 719. The van der Waals surface area contributed by atoms with Gasteiger partial charge in [-0.2, -0.15) is 0 Å². The van der Waals surface area contributed by atoms with Crippen molar-refractivity contribution in [3.63, 3.8) is 0 Å². The van der Waals surface area contributed by atoms with E-state index >= 15 is 0 Å². The van der Waals surface area contributed by atoms with Gasteiger partial charge in [-0.15, -0.1) is 0 Å². The van der Waals surface area contributed by atoms with Crippen LogP contribution in [0.4, 0.5) is 5.69 Å². The zero-order valence-electron chi connectivity index (χ0n) is 15.5. The van der Waals surface area contributed by atoms with Crippen molar-refractivity contribution >= 4 is 5.69 Å². The van der Waals surface area contributed by atoms with Crippen molar-refractivity contribution < 1.29 is 4.74 Å². The molecule has 0 radical (unpaired) electrons. The van der Waals surface area contributed by atoms with Crippen LogP contribution in [0.3, 0.4) is 0 Å². The van der Waals surface area contributed by atoms with Crippen molar-refractivity contribution in [1.29, 1.82) is 0 Å². The molecule has 0 unspecified atom stereocenters. The quantitative estimate of drug-likeness (QED) is 0.703. The van der Waals surface area contributed by atoms with E-state index in [-0.39, 0.29) is 0 Å². The van der Waals surface area contributed by atoms with Crippen LogP contribution in [-0.4, -0.2) is 6.54 Å². The maximum Gasteiger partial charge on any atom is 0.142 e. The van der Waals surface area contributed by atoms with Gasteiger partial charge in [-0.1, -0.05) is 42.5 Å². The predicted molar refractivity (Wildman–Crippen MR) is 106 cm³/mol. The Kier molecular flexibility index (Phi) is 4.15. The van der Waals surface area contributed by atoms with E-state index in [1.807, 2.05) is 6.07 Å². The summed E-state index contributed by atoms with van der Waals surface area (Å²) in [6, 6.07) is 18.8. The van der Waals surface area contributed by atoms with Crippen molar-refractivity contribution in [2.24, 2.45) is 23.2 Å². The number of hydrogen-bond donors (Lipinski definition) is 1. The lowest BCUT2D eigenvalue weighted by molar-refractivity contribution is -0.0444. The van der Waals surface area contributed by atoms with E-state index in [0.717, 1.165) is 35.7 Å². The van der Waals surface area contributed by atoms with Gasteiger partial charge >= 0.3 is 0 Å². The highest BCUT2D eigenvalue weighted by molar-refractivity contribution is 5.56. The normalized spacial score (nSPS) is 31.8. The Morgan fingerprint density at radius 2 is 1.42 bits per heavy atom. The van der Waals surface area contributed by atoms with Gasteiger partial charge in [0.25, 0.3) is 0 Å². The molecule has 0 amide bonds. The van der Waals surface area contributed by atoms with Gasteiger partial charge in [-0.05, 0) is 79.4 Å². The van der Waals surface area contributed by atoms with E-state index in [1.54, 1.807) is 0 Å². The molecule has 0 heterocycles. The van der Waals surface area contributed by atoms with Gasteiger partial charge in [0, 0.05) is 6.54 Å². The Hall–Kier alpha value is -1.96. The van der Waals surface area contributed by atoms with Crippen molar-refractivity contribution in [2.75, 3.05) is 11.9 Å². The second-order valence-electron chi connectivity index (χ2n) is 9.04. The van der Waals surface area contributed by atoms with Crippen molar-refractivity contribution in [3.8, 4) is 5.75 Å². The van der Waals surface area contributed by atoms with Crippen LogP contribution in [0.2, 0.25) is 0 Å². The SMILES string of the molecule is c1ccc(COc2ccccc2NCC23CC4CC(CC(C4)C2)C3)cc1. The number of hydrogen-bond acceptors (Lipinski definition) is 2. The summed E-state index contributed by atoms with van der Waals surface area (Å²) in [5.74, 6) is 3.99. The third-order valence-electron chi connectivity index (χ3n) is 6.94. The van der Waals surface area contributed by atoms with Gasteiger partial charge in [0.15, 0.2) is 0 Å². The lowest BCUT2D eigenvalue weighted by Crippen LogP contribution is -2.49. The molecule has 4 fully saturated rings. The number of nitrogens with one attached hydrogen (secondary N) is 1. The van der Waals surface area contributed by atoms with Crippen LogP contribution in [0.5, 0.6) is 5.75 Å². The third kappa shape index (κ3) is 3.22. The first-order chi connectivity index (χ1) is 12.8. The van der Waals surface area contributed by atoms with E-state index in [2.05, 4.69) is 53.8 Å². The summed E-state index contributed by atoms with van der Waals surface area (Å²) in [5.41, 5.74) is 2.91. The number of rotatable bonds is 6. The van der Waals surface area contributed by atoms with Crippen LogP contribution in [-0.2, 0) is 6.61 Å². The fourth-order valence-electron chi connectivity index (χ4n) is 6.26. The van der Waals surface area contributed by atoms with Crippen LogP contribution < -0.4 is 10.1 Å². The molecule has 4 aliphatic rings. The maximum absolute atomic E-state index is 6.13. The topological polar surface area (TPSA) is 21.3 Å². The van der Waals surface area contributed by atoms with E-state index in [4.69, 9.17) is 4.74 Å². The first-order valence-electron chi connectivity index (χ1n) is 10.3. The summed E-state index contributed by atoms with van der Waals surface area (Å²) < 4.78 is 6.13. The summed E-state index contributed by atoms with van der Waals surface area (Å²) >= 11 is 0. The minimum absolute atomic E-state index is 0.543. The number of para-hydroxylation sites is 2. The summed E-state index contributed by atoms with van der Waals surface area (Å²) in [7, 11) is 0. The standard InChI is InChI=1S/C24H29NO/c1-2-6-18(7-3-1)16-26-23-9-5-4-8-22(23)25-17-24-13-19-10-20(14-24)12-21(11-19)15-24/h1-9,19-21,25H,10-17H2. The molecule has 0 atom stereocenters. The molecule has 2 aromatic rings. The average molecular weight is 348 g/mol. The Labute approximate surface area is 157 Å². The van der Waals surface area contributed by atoms with E-state index in [1.165, 1.54) is 44.1 Å². The highest BCUT2D eigenvalue weighted by Crippen LogP contribution is 2.60. The van der Waals surface area contributed by atoms with Crippen LogP contribution in [0, 0.1) is 23.2 Å². The van der Waals surface area contributed by atoms with Gasteiger partial charge in [0.05, 0.1) is 5.69 Å². The molecular formula is C24H29NO. The van der Waals surface area contributed by atoms with Crippen molar-refractivity contribution in [3.05, 3.63) is 60.2 Å². The average Bonchev–Trinajstić information content (AvgIpc) is 2.65. The molecule has 0 aliphatic heterocycles. The Balaban J connectivity index is 1.26. The first kappa shape index (κ1) is 16.2. The van der Waals surface area contributed by atoms with Crippen LogP contribution >= 0.6 is 0 Å². The van der Waals surface area contributed by atoms with E-state index in [0.29, 0.717) is 12.0 Å². The minimum Gasteiger partial charge on any atom is -0.487 e. The fraction of sp³-hybridized carbons (Fsp3) is 0.500. The Morgan fingerprint density at radius 1 is 0.808 bits per heavy atom. The van der Waals surface area contributed by atoms with Gasteiger partial charge in [-0.3, -0.25) is 0 Å². The third-order valence-corrected chi connectivity index (χ3v) is 6.94. The summed E-state index contributed by atoms with van der Waals surface area (Å²) in [6.07, 6.45) is 8.86. The largest absolute Gasteiger partial charge is 0.487 e. The van der Waals surface area contributed by atoms with Crippen molar-refractivity contribution in [2.45, 2.75) is 45.1 Å². The van der Waals surface area contributed by atoms with E-state index in [9.17, 15) is 0 Å². The number of benzene rings is 2. The van der Waals surface area contributed by atoms with E-state index < -0.39 is 0 Å². The molecule has 6 rings (SSSR count). The van der Waals surface area contributed by atoms with Gasteiger partial charge in [0.1, 0.15) is 12.4 Å². The molecular weight excluding hydrogens is 318 g/mol. The fourth-order valence-corrected chi connectivity index (χ4v) is 6.26. The molecule has 4 aliphatic carbocycles. The second-order valence-corrected chi connectivity index (χ2v) is 9.04. The van der Waals surface area contributed by atoms with Gasteiger partial charge < -0.3 is 10.1 Å². The smallest absolute Gasteiger partial charge is 0.142 e. The lowest BCUT2D eigenvalue weighted by atomic mass is 9.49. The molecule has 2 aromatic carbocycles. The van der Waals surface area contributed by atoms with Crippen molar-refractivity contribution in [1.82, 2.24) is 0 Å². The molecule has 4 bridgehead atoms. The minimum atomic E-state index is 0.543. The molecule has 2 heteroatoms. The summed E-state index contributed by atoms with van der Waals surface area (Å²) in [4.78, 5) is 0. The summed E-state index contributed by atoms with van der Waals surface area (Å²) in [5, 5.41) is 3.78. The van der Waals surface area contributed by atoms with Gasteiger partial charge in [-0.25, -0.2) is 0 Å². The molecule has 0 saturated heterocycles. The summed E-state index contributed by atoms with van der Waals surface area (Å²) in [6.45, 7) is 1.74. The maximum atomic E-state index is 6.13. The van der Waals surface area contributed by atoms with Crippen LogP contribution in [0.15, 0.2) is 54.6 Å². The predicted octanol–water partition coefficient (Wildman–Crippen LogP) is 5.89. The molecule has 1 N–H and O–H groups in total. The molecule has 26 heavy (non-hydrogen) atoms. The molecule has 0 aromatic heterocycles. The molecule has 0 spiro atoms. The highest BCUT2D eigenvalue weighted by Gasteiger charge is 2.50. The number of anilines is 1. The van der Waals surface area contributed by atoms with Gasteiger partial charge in [0.2, 0.25) is 0 Å². The molecule has 2 nitrogen and oxygen atoms in total. The zero-order valence-corrected chi connectivity index (χ0v) is 15.5. The van der Waals surface area contributed by atoms with Crippen LogP contribution in [0.1, 0.15) is 44.1 Å². The second kappa shape index (κ2) is 6.64. The number of ether oxygens (including phenoxy) is 1. The molecule has 4 saturated carbocycles. The highest BCUT2D eigenvalue weighted by atomic mass is 16.5. The monoisotopic (exact) mass is 347 g/mol. The molecule has 136 valence electrons. The Morgan fingerprint density at radius 3 is 2.12 bits per heavy atom. The van der Waals surface area contributed by atoms with Crippen LogP contribution in [0.25, 0.3) is 0 Å². The zero-order chi connectivity index (χ0) is 17.4.